The van der Waals surface area contributed by atoms with Gasteiger partial charge in [0, 0.05) is 34.3 Å². The van der Waals surface area contributed by atoms with Gasteiger partial charge < -0.3 is 14.2 Å². The Labute approximate surface area is 210 Å². The van der Waals surface area contributed by atoms with E-state index in [9.17, 15) is 9.59 Å². The summed E-state index contributed by atoms with van der Waals surface area (Å²) < 4.78 is 16.5. The van der Waals surface area contributed by atoms with Crippen LogP contribution in [0.5, 0.6) is 11.5 Å². The molecule has 0 radical (unpaired) electrons. The number of hydrogen-bond donors (Lipinski definition) is 0. The van der Waals surface area contributed by atoms with E-state index in [1.165, 1.54) is 7.11 Å². The number of aliphatic imine (C=N–C) groups is 1. The Morgan fingerprint density at radius 3 is 2.43 bits per heavy atom. The molecular weight excluding hydrogens is 466 g/mol. The molecule has 0 amide bonds. The third-order valence-electron chi connectivity index (χ3n) is 6.69. The monoisotopic (exact) mass is 495 g/mol. The van der Waals surface area contributed by atoms with Crippen molar-refractivity contribution >= 4 is 29.1 Å². The molecule has 0 aromatic heterocycles. The van der Waals surface area contributed by atoms with Gasteiger partial charge >= 0.3 is 5.97 Å². The number of methoxy groups -OCH3 is 2. The van der Waals surface area contributed by atoms with E-state index in [1.807, 2.05) is 56.3 Å². The van der Waals surface area contributed by atoms with Crippen LogP contribution in [-0.4, -0.2) is 38.3 Å². The normalized spacial score (nSPS) is 21.8. The van der Waals surface area contributed by atoms with Crippen molar-refractivity contribution in [2.45, 2.75) is 44.9 Å². The zero-order valence-corrected chi connectivity index (χ0v) is 21.2. The average Bonchev–Trinajstić information content (AvgIpc) is 2.86. The Balaban J connectivity index is 1.79. The smallest absolute Gasteiger partial charge is 0.315 e. The van der Waals surface area contributed by atoms with E-state index in [0.29, 0.717) is 47.3 Å². The number of esters is 1. The number of hydrogen-bond acceptors (Lipinski definition) is 6. The van der Waals surface area contributed by atoms with Crippen LogP contribution in [0.2, 0.25) is 5.02 Å². The zero-order valence-electron chi connectivity index (χ0n) is 20.5. The van der Waals surface area contributed by atoms with E-state index in [0.717, 1.165) is 23.2 Å². The van der Waals surface area contributed by atoms with Gasteiger partial charge in [-0.1, -0.05) is 36.7 Å². The summed E-state index contributed by atoms with van der Waals surface area (Å²) in [5.41, 5.74) is 3.79. The van der Waals surface area contributed by atoms with E-state index in [-0.39, 0.29) is 11.7 Å². The first-order chi connectivity index (χ1) is 16.9. The fourth-order valence-corrected chi connectivity index (χ4v) is 5.16. The van der Waals surface area contributed by atoms with Gasteiger partial charge in [0.15, 0.2) is 17.3 Å². The van der Waals surface area contributed by atoms with Crippen LogP contribution in [-0.2, 0) is 14.3 Å². The molecule has 4 rings (SSSR count). The van der Waals surface area contributed by atoms with Crippen molar-refractivity contribution in [3.05, 3.63) is 69.9 Å². The molecule has 2 aromatic carbocycles. The fourth-order valence-electron chi connectivity index (χ4n) is 5.03. The van der Waals surface area contributed by atoms with Crippen molar-refractivity contribution in [3.63, 3.8) is 0 Å². The van der Waals surface area contributed by atoms with E-state index in [1.54, 1.807) is 7.11 Å². The van der Waals surface area contributed by atoms with Gasteiger partial charge in [-0.3, -0.25) is 14.6 Å². The lowest BCUT2D eigenvalue weighted by Gasteiger charge is -2.36. The number of benzene rings is 2. The van der Waals surface area contributed by atoms with Gasteiger partial charge in [-0.05, 0) is 61.1 Å². The number of ether oxygens (including phenoxy) is 3. The summed E-state index contributed by atoms with van der Waals surface area (Å²) in [5, 5.41) is 0.656. The van der Waals surface area contributed by atoms with Crippen LogP contribution in [0, 0.1) is 5.92 Å². The summed E-state index contributed by atoms with van der Waals surface area (Å²) in [7, 11) is 2.94. The van der Waals surface area contributed by atoms with Crippen molar-refractivity contribution in [3.8, 4) is 11.5 Å². The maximum absolute atomic E-state index is 13.6. The standard InChI is InChI=1S/C28H30ClNO5/c1-5-12-35-23-11-8-18(15-24(23)33-3)26-25(28(32)34-4)16(2)30-21-13-19(14-22(31)27(21)26)17-6-9-20(29)10-7-17/h6-11,15,19,25-26H,5,12-14H2,1-4H3. The molecule has 184 valence electrons. The van der Waals surface area contributed by atoms with Gasteiger partial charge in [-0.2, -0.15) is 0 Å². The highest BCUT2D eigenvalue weighted by Gasteiger charge is 2.44. The molecule has 35 heavy (non-hydrogen) atoms. The number of nitrogens with zero attached hydrogens (tertiary/aromatic N) is 1. The van der Waals surface area contributed by atoms with Crippen LogP contribution in [0.3, 0.4) is 0 Å². The van der Waals surface area contributed by atoms with Crippen LogP contribution in [0.4, 0.5) is 0 Å². The number of Topliss-reactive ketones (excluding diaryl/α,β-unsaturated/α-hetero) is 1. The first-order valence-electron chi connectivity index (χ1n) is 11.8. The van der Waals surface area contributed by atoms with Crippen molar-refractivity contribution in [2.24, 2.45) is 10.9 Å². The number of rotatable bonds is 7. The second-order valence-corrected chi connectivity index (χ2v) is 9.37. The molecule has 0 saturated heterocycles. The minimum absolute atomic E-state index is 0.00440. The predicted molar refractivity (Wildman–Crippen MR) is 136 cm³/mol. The fraction of sp³-hybridized carbons (Fsp3) is 0.393. The molecule has 1 heterocycles. The van der Waals surface area contributed by atoms with E-state index in [2.05, 4.69) is 0 Å². The van der Waals surface area contributed by atoms with Crippen LogP contribution in [0.1, 0.15) is 56.1 Å². The number of allylic oxidation sites excluding steroid dienone is 2. The van der Waals surface area contributed by atoms with Crippen LogP contribution < -0.4 is 9.47 Å². The number of halogens is 1. The van der Waals surface area contributed by atoms with Gasteiger partial charge in [0.1, 0.15) is 5.92 Å². The molecule has 0 saturated carbocycles. The summed E-state index contributed by atoms with van der Waals surface area (Å²) >= 11 is 6.06. The highest BCUT2D eigenvalue weighted by molar-refractivity contribution is 6.30. The highest BCUT2D eigenvalue weighted by atomic mass is 35.5. The molecule has 2 aromatic rings. The summed E-state index contributed by atoms with van der Waals surface area (Å²) in [6.07, 6.45) is 1.82. The predicted octanol–water partition coefficient (Wildman–Crippen LogP) is 5.89. The second kappa shape index (κ2) is 10.6. The third kappa shape index (κ3) is 4.98. The molecule has 6 nitrogen and oxygen atoms in total. The lowest BCUT2D eigenvalue weighted by atomic mass is 9.69. The van der Waals surface area contributed by atoms with E-state index >= 15 is 0 Å². The van der Waals surface area contributed by atoms with Crippen LogP contribution >= 0.6 is 11.6 Å². The molecule has 7 heteroatoms. The van der Waals surface area contributed by atoms with E-state index < -0.39 is 17.8 Å². The van der Waals surface area contributed by atoms with Crippen LogP contribution in [0.15, 0.2) is 58.7 Å². The minimum atomic E-state index is -0.693. The zero-order chi connectivity index (χ0) is 25.1. The maximum Gasteiger partial charge on any atom is 0.315 e. The largest absolute Gasteiger partial charge is 0.493 e. The molecule has 0 N–H and O–H groups in total. The lowest BCUT2D eigenvalue weighted by molar-refractivity contribution is -0.143. The van der Waals surface area contributed by atoms with Gasteiger partial charge in [0.2, 0.25) is 0 Å². The van der Waals surface area contributed by atoms with E-state index in [4.69, 9.17) is 30.8 Å². The molecule has 2 aliphatic rings. The Kier molecular flexibility index (Phi) is 7.60. The Bertz CT molecular complexity index is 1180. The second-order valence-electron chi connectivity index (χ2n) is 8.93. The van der Waals surface area contributed by atoms with Crippen molar-refractivity contribution in [2.75, 3.05) is 20.8 Å². The summed E-state index contributed by atoms with van der Waals surface area (Å²) in [6.45, 7) is 4.42. The number of carbonyl (C=O) groups is 2. The van der Waals surface area contributed by atoms with Gasteiger partial charge in [0.25, 0.3) is 0 Å². The molecule has 1 aliphatic heterocycles. The maximum atomic E-state index is 13.6. The van der Waals surface area contributed by atoms with Gasteiger partial charge in [-0.25, -0.2) is 0 Å². The van der Waals surface area contributed by atoms with Crippen molar-refractivity contribution in [1.29, 1.82) is 0 Å². The van der Waals surface area contributed by atoms with Crippen molar-refractivity contribution < 1.29 is 23.8 Å². The number of ketones is 1. The summed E-state index contributed by atoms with van der Waals surface area (Å²) in [5.74, 6) is -0.438. The molecule has 3 atom stereocenters. The topological polar surface area (TPSA) is 74.2 Å². The third-order valence-corrected chi connectivity index (χ3v) is 6.95. The van der Waals surface area contributed by atoms with Gasteiger partial charge in [-0.15, -0.1) is 0 Å². The molecule has 0 spiro atoms. The first kappa shape index (κ1) is 25.0. The minimum Gasteiger partial charge on any atom is -0.493 e. The quantitative estimate of drug-likeness (QED) is 0.448. The average molecular weight is 496 g/mol. The Hall–Kier alpha value is -3.12. The Morgan fingerprint density at radius 1 is 1.06 bits per heavy atom. The summed E-state index contributed by atoms with van der Waals surface area (Å²) in [4.78, 5) is 31.3. The highest BCUT2D eigenvalue weighted by Crippen LogP contribution is 2.48. The molecule has 0 bridgehead atoms. The molecule has 3 unspecified atom stereocenters. The molecular formula is C28H30ClNO5. The molecule has 0 fully saturated rings. The molecule has 1 aliphatic carbocycles. The first-order valence-corrected chi connectivity index (χ1v) is 12.2. The SMILES string of the molecule is CCCOc1ccc(C2C3=C(CC(c4ccc(Cl)cc4)CC3=O)N=C(C)C2C(=O)OC)cc1OC. The van der Waals surface area contributed by atoms with Gasteiger partial charge in [0.05, 0.1) is 20.8 Å². The lowest BCUT2D eigenvalue weighted by Crippen LogP contribution is -2.37. The summed E-state index contributed by atoms with van der Waals surface area (Å²) in [6, 6.07) is 13.2. The van der Waals surface area contributed by atoms with Crippen molar-refractivity contribution in [1.82, 2.24) is 0 Å². The number of carbonyl (C=O) groups excluding carboxylic acids is 2. The Morgan fingerprint density at radius 2 is 1.77 bits per heavy atom. The van der Waals surface area contributed by atoms with Crippen LogP contribution in [0.25, 0.3) is 0 Å².